The van der Waals surface area contributed by atoms with E-state index in [1.807, 2.05) is 0 Å². The fourth-order valence-corrected chi connectivity index (χ4v) is 2.45. The van der Waals surface area contributed by atoms with Gasteiger partial charge in [-0.3, -0.25) is 0 Å². The van der Waals surface area contributed by atoms with Crippen molar-refractivity contribution in [2.75, 3.05) is 11.1 Å². The lowest BCUT2D eigenvalue weighted by Crippen LogP contribution is -2.05. The van der Waals surface area contributed by atoms with Crippen LogP contribution in [0.15, 0.2) is 34.8 Å². The molecule has 0 aromatic heterocycles. The van der Waals surface area contributed by atoms with Crippen molar-refractivity contribution in [3.63, 3.8) is 0 Å². The number of nitrogen functional groups attached to an aromatic ring is 1. The van der Waals surface area contributed by atoms with Gasteiger partial charge in [0.1, 0.15) is 0 Å². The van der Waals surface area contributed by atoms with Gasteiger partial charge in [0.15, 0.2) is 0 Å². The fourth-order valence-electron chi connectivity index (χ4n) is 1.63. The molecule has 0 saturated heterocycles. The molecule has 0 heterocycles. The molecular weight excluding hydrogens is 367 g/mol. The molecule has 0 spiro atoms. The summed E-state index contributed by atoms with van der Waals surface area (Å²) in [7, 11) is 0. The van der Waals surface area contributed by atoms with E-state index in [4.69, 9.17) is 34.0 Å². The summed E-state index contributed by atoms with van der Waals surface area (Å²) in [4.78, 5) is 11.0. The first-order valence-electron chi connectivity index (χ1n) is 5.44. The maximum absolute atomic E-state index is 11.0. The van der Waals surface area contributed by atoms with Gasteiger partial charge in [-0.15, -0.1) is 0 Å². The second-order valence-corrected chi connectivity index (χ2v) is 5.53. The number of rotatable bonds is 3. The van der Waals surface area contributed by atoms with E-state index in [0.29, 0.717) is 25.9 Å². The van der Waals surface area contributed by atoms with E-state index < -0.39 is 5.97 Å². The molecule has 4 nitrogen and oxygen atoms in total. The molecule has 0 aliphatic rings. The van der Waals surface area contributed by atoms with Gasteiger partial charge in [-0.1, -0.05) is 29.3 Å². The highest BCUT2D eigenvalue weighted by Crippen LogP contribution is 2.38. The van der Waals surface area contributed by atoms with Crippen LogP contribution < -0.4 is 11.1 Å². The third-order valence-corrected chi connectivity index (χ3v) is 4.41. The van der Waals surface area contributed by atoms with Gasteiger partial charge in [0.25, 0.3) is 0 Å². The highest BCUT2D eigenvalue weighted by Gasteiger charge is 2.13. The van der Waals surface area contributed by atoms with E-state index in [1.165, 1.54) is 6.07 Å². The number of carboxylic acids is 1. The average Bonchev–Trinajstić information content (AvgIpc) is 2.41. The number of nitrogens with one attached hydrogen (secondary N) is 1. The molecule has 0 aliphatic heterocycles. The van der Waals surface area contributed by atoms with Crippen molar-refractivity contribution in [3.8, 4) is 0 Å². The Bertz CT molecular complexity index is 692. The molecule has 2 aromatic rings. The molecule has 0 unspecified atom stereocenters. The number of hydrogen-bond acceptors (Lipinski definition) is 3. The Kier molecular flexibility index (Phi) is 4.42. The predicted molar refractivity (Wildman–Crippen MR) is 85.3 cm³/mol. The molecule has 4 N–H and O–H groups in total. The fraction of sp³-hybridized carbons (Fsp3) is 0. The average molecular weight is 376 g/mol. The van der Waals surface area contributed by atoms with Crippen molar-refractivity contribution in [1.82, 2.24) is 0 Å². The smallest absolute Gasteiger partial charge is 0.337 e. The minimum atomic E-state index is -1.09. The number of benzene rings is 2. The molecule has 104 valence electrons. The number of carboxylic acid groups (broad SMARTS) is 1. The highest BCUT2D eigenvalue weighted by molar-refractivity contribution is 9.10. The van der Waals surface area contributed by atoms with Crippen molar-refractivity contribution in [2.24, 2.45) is 0 Å². The lowest BCUT2D eigenvalue weighted by Gasteiger charge is -2.13. The lowest BCUT2D eigenvalue weighted by molar-refractivity contribution is 0.0698. The summed E-state index contributed by atoms with van der Waals surface area (Å²) in [6, 6.07) is 8.13. The van der Waals surface area contributed by atoms with Gasteiger partial charge in [-0.2, -0.15) is 0 Å². The van der Waals surface area contributed by atoms with E-state index in [9.17, 15) is 4.79 Å². The Morgan fingerprint density at radius 3 is 2.50 bits per heavy atom. The van der Waals surface area contributed by atoms with Gasteiger partial charge in [-0.05, 0) is 40.2 Å². The number of aromatic carboxylic acids is 1. The number of carbonyl (C=O) groups is 1. The molecule has 0 atom stereocenters. The summed E-state index contributed by atoms with van der Waals surface area (Å²) in [5.41, 5.74) is 6.96. The Morgan fingerprint density at radius 2 is 1.85 bits per heavy atom. The van der Waals surface area contributed by atoms with Crippen LogP contribution in [0.25, 0.3) is 0 Å². The number of anilines is 3. The van der Waals surface area contributed by atoms with Crippen LogP contribution in [0.3, 0.4) is 0 Å². The number of halogens is 3. The first-order valence-corrected chi connectivity index (χ1v) is 6.99. The molecule has 7 heteroatoms. The topological polar surface area (TPSA) is 75.3 Å². The summed E-state index contributed by atoms with van der Waals surface area (Å²) in [5, 5.41) is 12.7. The van der Waals surface area contributed by atoms with Gasteiger partial charge in [-0.25, -0.2) is 4.79 Å². The molecular formula is C13H9BrCl2N2O2. The van der Waals surface area contributed by atoms with Crippen molar-refractivity contribution in [3.05, 3.63) is 50.4 Å². The first kappa shape index (κ1) is 15.0. The van der Waals surface area contributed by atoms with E-state index in [0.717, 1.165) is 0 Å². The zero-order chi connectivity index (χ0) is 14.9. The zero-order valence-electron chi connectivity index (χ0n) is 9.95. The Hall–Kier alpha value is -1.43. The van der Waals surface area contributed by atoms with Gasteiger partial charge < -0.3 is 16.2 Å². The second-order valence-electron chi connectivity index (χ2n) is 3.92. The minimum absolute atomic E-state index is 0.0225. The van der Waals surface area contributed by atoms with Gasteiger partial charge in [0, 0.05) is 4.47 Å². The molecule has 2 aromatic carbocycles. The number of nitrogens with two attached hydrogens (primary N) is 1. The van der Waals surface area contributed by atoms with Crippen molar-refractivity contribution >= 4 is 62.2 Å². The first-order chi connectivity index (χ1) is 9.41. The van der Waals surface area contributed by atoms with Crippen LogP contribution in [0.4, 0.5) is 17.1 Å². The van der Waals surface area contributed by atoms with E-state index in [-0.39, 0.29) is 11.3 Å². The van der Waals surface area contributed by atoms with E-state index in [1.54, 1.807) is 24.3 Å². The monoisotopic (exact) mass is 374 g/mol. The normalized spacial score (nSPS) is 10.3. The lowest BCUT2D eigenvalue weighted by atomic mass is 10.1. The Labute approximate surface area is 133 Å². The SMILES string of the molecule is Nc1c(Nc2ccc(Br)c(Cl)c2Cl)cccc1C(=O)O. The predicted octanol–water partition coefficient (Wildman–Crippen LogP) is 4.78. The van der Waals surface area contributed by atoms with E-state index in [2.05, 4.69) is 21.2 Å². The number of para-hydroxylation sites is 1. The van der Waals surface area contributed by atoms with Crippen LogP contribution in [-0.2, 0) is 0 Å². The summed E-state index contributed by atoms with van der Waals surface area (Å²) in [6.07, 6.45) is 0. The minimum Gasteiger partial charge on any atom is -0.478 e. The van der Waals surface area contributed by atoms with Gasteiger partial charge in [0.2, 0.25) is 0 Å². The summed E-state index contributed by atoms with van der Waals surface area (Å²) in [5.74, 6) is -1.09. The van der Waals surface area contributed by atoms with Crippen LogP contribution >= 0.6 is 39.1 Å². The summed E-state index contributed by atoms with van der Waals surface area (Å²) >= 11 is 15.4. The van der Waals surface area contributed by atoms with Crippen molar-refractivity contribution < 1.29 is 9.90 Å². The molecule has 0 saturated carbocycles. The van der Waals surface area contributed by atoms with Crippen LogP contribution in [0.2, 0.25) is 10.0 Å². The van der Waals surface area contributed by atoms with Crippen LogP contribution in [0.1, 0.15) is 10.4 Å². The standard InChI is InChI=1S/C13H9BrCl2N2O2/c14-7-4-5-8(11(16)10(7)15)18-9-3-1-2-6(12(9)17)13(19)20/h1-5,18H,17H2,(H,19,20). The van der Waals surface area contributed by atoms with Crippen LogP contribution in [0.5, 0.6) is 0 Å². The van der Waals surface area contributed by atoms with Crippen LogP contribution in [0, 0.1) is 0 Å². The maximum Gasteiger partial charge on any atom is 0.337 e. The summed E-state index contributed by atoms with van der Waals surface area (Å²) < 4.78 is 0.668. The van der Waals surface area contributed by atoms with Gasteiger partial charge >= 0.3 is 5.97 Å². The highest BCUT2D eigenvalue weighted by atomic mass is 79.9. The molecule has 0 aliphatic carbocycles. The van der Waals surface area contributed by atoms with Crippen molar-refractivity contribution in [1.29, 1.82) is 0 Å². The third kappa shape index (κ3) is 2.85. The van der Waals surface area contributed by atoms with Crippen molar-refractivity contribution in [2.45, 2.75) is 0 Å². The van der Waals surface area contributed by atoms with Gasteiger partial charge in [0.05, 0.1) is 32.7 Å². The Balaban J connectivity index is 2.43. The largest absolute Gasteiger partial charge is 0.478 e. The second kappa shape index (κ2) is 5.91. The maximum atomic E-state index is 11.0. The molecule has 0 bridgehead atoms. The quantitative estimate of drug-likeness (QED) is 0.533. The molecule has 0 radical (unpaired) electrons. The Morgan fingerprint density at radius 1 is 1.15 bits per heavy atom. The van der Waals surface area contributed by atoms with Crippen LogP contribution in [-0.4, -0.2) is 11.1 Å². The zero-order valence-corrected chi connectivity index (χ0v) is 13.1. The van der Waals surface area contributed by atoms with E-state index >= 15 is 0 Å². The molecule has 20 heavy (non-hydrogen) atoms. The molecule has 0 amide bonds. The molecule has 2 rings (SSSR count). The number of hydrogen-bond donors (Lipinski definition) is 3. The third-order valence-electron chi connectivity index (χ3n) is 2.64. The summed E-state index contributed by atoms with van der Waals surface area (Å²) in [6.45, 7) is 0. The molecule has 0 fully saturated rings.